The van der Waals surface area contributed by atoms with Gasteiger partial charge in [0.2, 0.25) is 11.8 Å². The number of benzene rings is 1. The van der Waals surface area contributed by atoms with E-state index in [1.54, 1.807) is 23.1 Å². The van der Waals surface area contributed by atoms with E-state index < -0.39 is 30.1 Å². The molecule has 4 unspecified atom stereocenters. The van der Waals surface area contributed by atoms with Gasteiger partial charge in [0.15, 0.2) is 11.5 Å². The number of aliphatic hydroxyl groups excluding tert-OH is 2. The first kappa shape index (κ1) is 28.1. The first-order valence-electron chi connectivity index (χ1n) is 13.5. The molecule has 4 atom stereocenters. The molecule has 1 fully saturated rings. The van der Waals surface area contributed by atoms with E-state index in [1.165, 1.54) is 7.11 Å². The predicted molar refractivity (Wildman–Crippen MR) is 138 cm³/mol. The number of hydrogen-bond donors (Lipinski definition) is 3. The Labute approximate surface area is 222 Å². The minimum atomic E-state index is -1.15. The number of rotatable bonds is 10. The molecule has 3 N–H and O–H groups in total. The topological polar surface area (TPSA) is 135 Å². The Morgan fingerprint density at radius 2 is 1.95 bits per heavy atom. The lowest BCUT2D eigenvalue weighted by Gasteiger charge is -2.44. The molecule has 1 aromatic rings. The van der Waals surface area contributed by atoms with Gasteiger partial charge in [-0.2, -0.15) is 0 Å². The molecule has 0 saturated heterocycles. The standard InChI is InChI=1S/C28H38N2O8/c1-3-37-16-23(33)30(18-8-6-4-5-7-9-18)21-14-20(28(35)29-10-11-31)24-19-12-17(15-32)13-22(36-2)26(19)38-27(24)25(21)34/h12-15,18,21,24-25,27,31,34H,3-11,16H2,1-2H3,(H,29,35). The number of fused-ring (bicyclic) bond motifs is 3. The molecule has 2 amide bonds. The van der Waals surface area contributed by atoms with Crippen molar-refractivity contribution in [2.24, 2.45) is 0 Å². The van der Waals surface area contributed by atoms with Crippen molar-refractivity contribution in [2.45, 2.75) is 75.7 Å². The Kier molecular flexibility index (Phi) is 9.40. The summed E-state index contributed by atoms with van der Waals surface area (Å²) < 4.78 is 17.2. The van der Waals surface area contributed by atoms with Gasteiger partial charge in [0, 0.05) is 35.9 Å². The van der Waals surface area contributed by atoms with Crippen LogP contribution in [-0.4, -0.2) is 91.0 Å². The van der Waals surface area contributed by atoms with Gasteiger partial charge in [0.25, 0.3) is 0 Å². The third-order valence-corrected chi connectivity index (χ3v) is 7.67. The molecule has 0 radical (unpaired) electrons. The number of carbonyl (C=O) groups excluding carboxylic acids is 3. The summed E-state index contributed by atoms with van der Waals surface area (Å²) >= 11 is 0. The van der Waals surface area contributed by atoms with E-state index in [9.17, 15) is 24.6 Å². The fourth-order valence-electron chi connectivity index (χ4n) is 5.94. The van der Waals surface area contributed by atoms with Crippen molar-refractivity contribution in [3.63, 3.8) is 0 Å². The minimum Gasteiger partial charge on any atom is -0.493 e. The summed E-state index contributed by atoms with van der Waals surface area (Å²) in [6, 6.07) is 2.25. The molecule has 38 heavy (non-hydrogen) atoms. The molecular formula is C28H38N2O8. The number of ether oxygens (including phenoxy) is 3. The Morgan fingerprint density at radius 3 is 2.58 bits per heavy atom. The van der Waals surface area contributed by atoms with Crippen LogP contribution in [0.5, 0.6) is 11.5 Å². The van der Waals surface area contributed by atoms with Gasteiger partial charge in [0.1, 0.15) is 25.1 Å². The summed E-state index contributed by atoms with van der Waals surface area (Å²) in [5.74, 6) is -0.692. The Balaban J connectivity index is 1.81. The average Bonchev–Trinajstić information content (AvgIpc) is 3.11. The van der Waals surface area contributed by atoms with Gasteiger partial charge in [-0.25, -0.2) is 0 Å². The average molecular weight is 531 g/mol. The van der Waals surface area contributed by atoms with Gasteiger partial charge in [-0.05, 0) is 38.0 Å². The smallest absolute Gasteiger partial charge is 0.249 e. The van der Waals surface area contributed by atoms with Crippen LogP contribution in [0.2, 0.25) is 0 Å². The van der Waals surface area contributed by atoms with E-state index in [2.05, 4.69) is 5.32 Å². The molecule has 1 aliphatic heterocycles. The van der Waals surface area contributed by atoms with Crippen molar-refractivity contribution in [3.8, 4) is 11.5 Å². The maximum absolute atomic E-state index is 13.5. The molecule has 10 nitrogen and oxygen atoms in total. The van der Waals surface area contributed by atoms with Gasteiger partial charge in [-0.15, -0.1) is 0 Å². The number of nitrogens with one attached hydrogen (secondary N) is 1. The third-order valence-electron chi connectivity index (χ3n) is 7.67. The van der Waals surface area contributed by atoms with E-state index >= 15 is 0 Å². The maximum Gasteiger partial charge on any atom is 0.249 e. The molecule has 4 rings (SSSR count). The van der Waals surface area contributed by atoms with Crippen LogP contribution in [0, 0.1) is 0 Å². The second-order valence-corrected chi connectivity index (χ2v) is 9.99. The van der Waals surface area contributed by atoms with Crippen LogP contribution in [0.3, 0.4) is 0 Å². The van der Waals surface area contributed by atoms with E-state index in [4.69, 9.17) is 14.2 Å². The molecule has 2 aliphatic carbocycles. The van der Waals surface area contributed by atoms with Gasteiger partial charge < -0.3 is 34.6 Å². The van der Waals surface area contributed by atoms with Gasteiger partial charge >= 0.3 is 0 Å². The van der Waals surface area contributed by atoms with Crippen LogP contribution in [0.1, 0.15) is 67.3 Å². The molecule has 208 valence electrons. The molecule has 0 bridgehead atoms. The summed E-state index contributed by atoms with van der Waals surface area (Å²) in [6.45, 7) is 1.88. The Hall–Kier alpha value is -2.95. The predicted octanol–water partition coefficient (Wildman–Crippen LogP) is 1.72. The zero-order valence-electron chi connectivity index (χ0n) is 22.1. The zero-order valence-corrected chi connectivity index (χ0v) is 22.1. The normalized spacial score (nSPS) is 24.8. The molecule has 1 saturated carbocycles. The summed E-state index contributed by atoms with van der Waals surface area (Å²) in [4.78, 5) is 40.3. The minimum absolute atomic E-state index is 0.0435. The Bertz CT molecular complexity index is 1050. The molecule has 0 aromatic heterocycles. The number of hydrogen-bond acceptors (Lipinski definition) is 8. The molecule has 1 aromatic carbocycles. The quantitative estimate of drug-likeness (QED) is 0.308. The van der Waals surface area contributed by atoms with Crippen molar-refractivity contribution >= 4 is 18.1 Å². The van der Waals surface area contributed by atoms with Gasteiger partial charge in [0.05, 0.1) is 25.7 Å². The number of nitrogens with zero attached hydrogens (tertiary/aromatic N) is 1. The molecule has 0 spiro atoms. The first-order chi connectivity index (χ1) is 18.4. The van der Waals surface area contributed by atoms with Crippen molar-refractivity contribution < 1.29 is 38.8 Å². The number of methoxy groups -OCH3 is 1. The summed E-state index contributed by atoms with van der Waals surface area (Å²) in [7, 11) is 1.46. The van der Waals surface area contributed by atoms with Crippen LogP contribution < -0.4 is 14.8 Å². The lowest BCUT2D eigenvalue weighted by atomic mass is 9.76. The van der Waals surface area contributed by atoms with Crippen LogP contribution >= 0.6 is 0 Å². The highest BCUT2D eigenvalue weighted by Crippen LogP contribution is 2.51. The van der Waals surface area contributed by atoms with Gasteiger partial charge in [-0.3, -0.25) is 14.4 Å². The first-order valence-corrected chi connectivity index (χ1v) is 13.5. The molecule has 1 heterocycles. The number of carbonyl (C=O) groups is 3. The molecular weight excluding hydrogens is 492 g/mol. The summed E-state index contributed by atoms with van der Waals surface area (Å²) in [6.07, 6.45) is 6.02. The summed E-state index contributed by atoms with van der Waals surface area (Å²) in [5, 5.41) is 23.8. The second-order valence-electron chi connectivity index (χ2n) is 9.99. The van der Waals surface area contributed by atoms with Crippen LogP contribution in [0.15, 0.2) is 23.8 Å². The second kappa shape index (κ2) is 12.7. The van der Waals surface area contributed by atoms with Crippen molar-refractivity contribution in [2.75, 3.05) is 33.5 Å². The number of aldehydes is 1. The maximum atomic E-state index is 13.5. The van der Waals surface area contributed by atoms with E-state index in [1.807, 2.05) is 6.92 Å². The SMILES string of the molecule is CCOCC(=O)N(C1CCCCCC1)C1C=C(C(=O)NCCO)C2c3cc(C=O)cc(OC)c3OC2C1O. The van der Waals surface area contributed by atoms with Crippen LogP contribution in [-0.2, 0) is 14.3 Å². The monoisotopic (exact) mass is 530 g/mol. The highest BCUT2D eigenvalue weighted by atomic mass is 16.5. The van der Waals surface area contributed by atoms with Crippen LogP contribution in [0.4, 0.5) is 0 Å². The van der Waals surface area contributed by atoms with Crippen LogP contribution in [0.25, 0.3) is 0 Å². The zero-order chi connectivity index (χ0) is 27.2. The van der Waals surface area contributed by atoms with Crippen molar-refractivity contribution in [3.05, 3.63) is 34.9 Å². The van der Waals surface area contributed by atoms with E-state index in [-0.39, 0.29) is 31.7 Å². The van der Waals surface area contributed by atoms with Crippen molar-refractivity contribution in [1.82, 2.24) is 10.2 Å². The number of aliphatic hydroxyl groups is 2. The highest BCUT2D eigenvalue weighted by molar-refractivity contribution is 5.96. The number of amides is 2. The molecule has 10 heteroatoms. The fourth-order valence-corrected chi connectivity index (χ4v) is 5.94. The molecule has 3 aliphatic rings. The highest BCUT2D eigenvalue weighted by Gasteiger charge is 2.52. The lowest BCUT2D eigenvalue weighted by Crippen LogP contribution is -2.59. The van der Waals surface area contributed by atoms with E-state index in [0.717, 1.165) is 38.5 Å². The lowest BCUT2D eigenvalue weighted by molar-refractivity contribution is -0.145. The third kappa shape index (κ3) is 5.57. The summed E-state index contributed by atoms with van der Waals surface area (Å²) in [5.41, 5.74) is 1.22. The van der Waals surface area contributed by atoms with E-state index in [0.29, 0.717) is 41.1 Å². The van der Waals surface area contributed by atoms with Gasteiger partial charge in [-0.1, -0.05) is 25.7 Å². The Morgan fingerprint density at radius 1 is 1.21 bits per heavy atom. The fraction of sp³-hybridized carbons (Fsp3) is 0.607. The van der Waals surface area contributed by atoms with Crippen molar-refractivity contribution in [1.29, 1.82) is 0 Å². The largest absolute Gasteiger partial charge is 0.493 e.